The van der Waals surface area contributed by atoms with E-state index in [1.54, 1.807) is 6.07 Å². The minimum absolute atomic E-state index is 0.163. The van der Waals surface area contributed by atoms with Crippen LogP contribution in [0.1, 0.15) is 30.0 Å². The van der Waals surface area contributed by atoms with Gasteiger partial charge in [-0.1, -0.05) is 34.1 Å². The molecule has 0 amide bonds. The summed E-state index contributed by atoms with van der Waals surface area (Å²) in [5.74, 6) is -3.05. The number of ether oxygens (including phenoxy) is 1. The zero-order valence-electron chi connectivity index (χ0n) is 13.1. The summed E-state index contributed by atoms with van der Waals surface area (Å²) in [7, 11) is 1.05. The van der Waals surface area contributed by atoms with Gasteiger partial charge >= 0.3 is 5.97 Å². The Kier molecular flexibility index (Phi) is 4.21. The first-order valence-electron chi connectivity index (χ1n) is 7.40. The van der Waals surface area contributed by atoms with Crippen LogP contribution in [0.15, 0.2) is 24.3 Å². The summed E-state index contributed by atoms with van der Waals surface area (Å²) in [5.41, 5.74) is -1.38. The van der Waals surface area contributed by atoms with Crippen LogP contribution < -0.4 is 0 Å². The van der Waals surface area contributed by atoms with E-state index in [1.807, 2.05) is 6.08 Å². The van der Waals surface area contributed by atoms with Crippen LogP contribution in [0.25, 0.3) is 15.3 Å². The van der Waals surface area contributed by atoms with Crippen molar-refractivity contribution < 1.29 is 23.4 Å². The standard InChI is InChI=1S/C18H15BrF2O3/c1-18(23,17(22)24-2)15-14(20)8-12-9-4-3-5-13(19)10(9)6-7-11(12)16(15)21/h5-8,23H,3-4H2,1-2H3. The fraction of sp³-hybridized carbons (Fsp3) is 0.278. The summed E-state index contributed by atoms with van der Waals surface area (Å²) in [6.07, 6.45) is 3.43. The van der Waals surface area contributed by atoms with Crippen molar-refractivity contribution in [2.75, 3.05) is 7.11 Å². The minimum Gasteiger partial charge on any atom is -0.467 e. The van der Waals surface area contributed by atoms with Crippen molar-refractivity contribution in [3.8, 4) is 0 Å². The number of benzene rings is 2. The third-order valence-corrected chi connectivity index (χ3v) is 5.12. The van der Waals surface area contributed by atoms with Crippen LogP contribution in [-0.4, -0.2) is 18.2 Å². The number of hydrogen-bond acceptors (Lipinski definition) is 3. The molecular formula is C18H15BrF2O3. The molecule has 0 bridgehead atoms. The summed E-state index contributed by atoms with van der Waals surface area (Å²) in [6, 6.07) is 4.45. The third-order valence-electron chi connectivity index (χ3n) is 4.37. The highest BCUT2D eigenvalue weighted by molar-refractivity contribution is 9.15. The van der Waals surface area contributed by atoms with Gasteiger partial charge < -0.3 is 9.84 Å². The van der Waals surface area contributed by atoms with Crippen LogP contribution >= 0.6 is 15.9 Å². The molecule has 126 valence electrons. The zero-order chi connectivity index (χ0) is 17.6. The smallest absolute Gasteiger partial charge is 0.342 e. The third kappa shape index (κ3) is 2.45. The number of aliphatic hydroxyl groups is 1. The van der Waals surface area contributed by atoms with Gasteiger partial charge in [0.05, 0.1) is 12.7 Å². The molecule has 0 aliphatic heterocycles. The van der Waals surface area contributed by atoms with Crippen molar-refractivity contribution >= 4 is 37.2 Å². The normalized spacial score (nSPS) is 16.3. The van der Waals surface area contributed by atoms with Gasteiger partial charge in [0.1, 0.15) is 11.6 Å². The average molecular weight is 397 g/mol. The van der Waals surface area contributed by atoms with Gasteiger partial charge in [-0.15, -0.1) is 0 Å². The maximum Gasteiger partial charge on any atom is 0.342 e. The number of fused-ring (bicyclic) bond motifs is 3. The molecule has 1 aliphatic rings. The Hall–Kier alpha value is -1.79. The number of carbonyl (C=O) groups excluding carboxylic acids is 1. The van der Waals surface area contributed by atoms with E-state index in [-0.39, 0.29) is 5.39 Å². The molecule has 0 radical (unpaired) electrons. The molecule has 6 heteroatoms. The SMILES string of the molecule is COC(=O)C(C)(O)c1c(F)cc2c3c(ccc2c1F)C(Br)=CCC3. The minimum atomic E-state index is -2.41. The second kappa shape index (κ2) is 5.93. The first kappa shape index (κ1) is 17.0. The molecule has 24 heavy (non-hydrogen) atoms. The Morgan fingerprint density at radius 1 is 1.33 bits per heavy atom. The fourth-order valence-electron chi connectivity index (χ4n) is 3.15. The van der Waals surface area contributed by atoms with Crippen molar-refractivity contribution in [1.82, 2.24) is 0 Å². The van der Waals surface area contributed by atoms with Crippen LogP contribution in [0.2, 0.25) is 0 Å². The lowest BCUT2D eigenvalue weighted by Gasteiger charge is -2.24. The molecular weight excluding hydrogens is 382 g/mol. The summed E-state index contributed by atoms with van der Waals surface area (Å²) in [5, 5.41) is 10.9. The molecule has 0 heterocycles. The molecule has 2 aromatic rings. The summed E-state index contributed by atoms with van der Waals surface area (Å²) >= 11 is 3.46. The van der Waals surface area contributed by atoms with Crippen LogP contribution in [0.4, 0.5) is 8.78 Å². The predicted molar refractivity (Wildman–Crippen MR) is 90.7 cm³/mol. The Balaban J connectivity index is 2.32. The Bertz CT molecular complexity index is 888. The number of allylic oxidation sites excluding steroid dienone is 1. The molecule has 3 nitrogen and oxygen atoms in total. The lowest BCUT2D eigenvalue weighted by Crippen LogP contribution is -2.35. The average Bonchev–Trinajstić information content (AvgIpc) is 2.54. The predicted octanol–water partition coefficient (Wildman–Crippen LogP) is 4.18. The maximum atomic E-state index is 15.0. The van der Waals surface area contributed by atoms with Gasteiger partial charge in [-0.25, -0.2) is 13.6 Å². The fourth-order valence-corrected chi connectivity index (χ4v) is 3.75. The van der Waals surface area contributed by atoms with Gasteiger partial charge in [0.15, 0.2) is 5.60 Å². The van der Waals surface area contributed by atoms with Gasteiger partial charge in [0.2, 0.25) is 0 Å². The largest absolute Gasteiger partial charge is 0.467 e. The molecule has 1 atom stereocenters. The maximum absolute atomic E-state index is 15.0. The van der Waals surface area contributed by atoms with Crippen LogP contribution in [0.5, 0.6) is 0 Å². The Labute approximate surface area is 146 Å². The summed E-state index contributed by atoms with van der Waals surface area (Å²) in [4.78, 5) is 11.7. The van der Waals surface area contributed by atoms with E-state index < -0.39 is 28.8 Å². The van der Waals surface area contributed by atoms with Crippen molar-refractivity contribution in [2.45, 2.75) is 25.4 Å². The van der Waals surface area contributed by atoms with Crippen molar-refractivity contribution in [2.24, 2.45) is 0 Å². The van der Waals surface area contributed by atoms with E-state index >= 15 is 0 Å². The van der Waals surface area contributed by atoms with Crippen molar-refractivity contribution in [3.63, 3.8) is 0 Å². The van der Waals surface area contributed by atoms with Gasteiger partial charge in [0, 0.05) is 9.87 Å². The second-order valence-electron chi connectivity index (χ2n) is 5.89. The lowest BCUT2D eigenvalue weighted by molar-refractivity contribution is -0.162. The van der Waals surface area contributed by atoms with E-state index in [9.17, 15) is 18.7 Å². The summed E-state index contributed by atoms with van der Waals surface area (Å²) in [6.45, 7) is 1.02. The number of carbonyl (C=O) groups is 1. The first-order valence-corrected chi connectivity index (χ1v) is 8.19. The topological polar surface area (TPSA) is 46.5 Å². The van der Waals surface area contributed by atoms with E-state index in [0.717, 1.165) is 36.1 Å². The Morgan fingerprint density at radius 2 is 2.04 bits per heavy atom. The monoisotopic (exact) mass is 396 g/mol. The van der Waals surface area contributed by atoms with Crippen LogP contribution in [0, 0.1) is 11.6 Å². The molecule has 1 aliphatic carbocycles. The van der Waals surface area contributed by atoms with Gasteiger partial charge in [-0.3, -0.25) is 0 Å². The van der Waals surface area contributed by atoms with Crippen LogP contribution in [0.3, 0.4) is 0 Å². The molecule has 0 fully saturated rings. The van der Waals surface area contributed by atoms with Crippen molar-refractivity contribution in [1.29, 1.82) is 0 Å². The number of methoxy groups -OCH3 is 1. The molecule has 0 aromatic heterocycles. The van der Waals surface area contributed by atoms with Gasteiger partial charge in [-0.2, -0.15) is 0 Å². The highest BCUT2D eigenvalue weighted by atomic mass is 79.9. The molecule has 2 aromatic carbocycles. The van der Waals surface area contributed by atoms with Gasteiger partial charge in [-0.05, 0) is 42.3 Å². The lowest BCUT2D eigenvalue weighted by atomic mass is 9.87. The van der Waals surface area contributed by atoms with E-state index in [1.165, 1.54) is 12.1 Å². The Morgan fingerprint density at radius 3 is 2.71 bits per heavy atom. The van der Waals surface area contributed by atoms with Gasteiger partial charge in [0.25, 0.3) is 0 Å². The number of halogens is 3. The quantitative estimate of drug-likeness (QED) is 0.774. The van der Waals surface area contributed by atoms with Crippen molar-refractivity contribution in [3.05, 3.63) is 52.6 Å². The van der Waals surface area contributed by atoms with E-state index in [2.05, 4.69) is 20.7 Å². The molecule has 0 saturated heterocycles. The second-order valence-corrected chi connectivity index (χ2v) is 6.74. The molecule has 1 N–H and O–H groups in total. The molecule has 0 saturated carbocycles. The molecule has 3 rings (SSSR count). The van der Waals surface area contributed by atoms with E-state index in [0.29, 0.717) is 11.8 Å². The highest BCUT2D eigenvalue weighted by Crippen LogP contribution is 2.39. The first-order chi connectivity index (χ1) is 11.3. The van der Waals surface area contributed by atoms with E-state index in [4.69, 9.17) is 0 Å². The number of esters is 1. The zero-order valence-corrected chi connectivity index (χ0v) is 14.7. The number of aryl methyl sites for hydroxylation is 1. The summed E-state index contributed by atoms with van der Waals surface area (Å²) < 4.78 is 34.9. The number of hydrogen-bond donors (Lipinski definition) is 1. The molecule has 1 unspecified atom stereocenters. The highest BCUT2D eigenvalue weighted by Gasteiger charge is 2.40. The molecule has 0 spiro atoms. The number of rotatable bonds is 2. The van der Waals surface area contributed by atoms with Crippen LogP contribution in [-0.2, 0) is 21.6 Å².